The van der Waals surface area contributed by atoms with Gasteiger partial charge in [-0.15, -0.1) is 0 Å². The van der Waals surface area contributed by atoms with Gasteiger partial charge in [0.25, 0.3) is 0 Å². The van der Waals surface area contributed by atoms with Gasteiger partial charge in [-0.25, -0.2) is 4.99 Å². The van der Waals surface area contributed by atoms with E-state index in [-0.39, 0.29) is 0 Å². The molecule has 0 aliphatic rings. The molecule has 0 rings (SSSR count). The highest BCUT2D eigenvalue weighted by Gasteiger charge is 1.74. The molecule has 0 amide bonds. The van der Waals surface area contributed by atoms with Crippen LogP contribution in [0.15, 0.2) is 17.3 Å². The Morgan fingerprint density at radius 2 is 2.38 bits per heavy atom. The van der Waals surface area contributed by atoms with Crippen molar-refractivity contribution in [3.05, 3.63) is 12.3 Å². The first kappa shape index (κ1) is 6.88. The molecule has 3 nitrogen and oxygen atoms in total. The Balaban J connectivity index is 3.79. The third-order valence-corrected chi connectivity index (χ3v) is 0.606. The highest BCUT2D eigenvalue weighted by molar-refractivity contribution is 5.96. The van der Waals surface area contributed by atoms with Gasteiger partial charge in [0, 0.05) is 5.71 Å². The summed E-state index contributed by atoms with van der Waals surface area (Å²) in [5.41, 5.74) is 5.76. The highest BCUT2D eigenvalue weighted by Crippen LogP contribution is 1.73. The zero-order valence-electron chi connectivity index (χ0n) is 4.76. The third-order valence-electron chi connectivity index (χ3n) is 0.606. The van der Waals surface area contributed by atoms with E-state index in [1.54, 1.807) is 13.0 Å². The van der Waals surface area contributed by atoms with Crippen molar-refractivity contribution < 1.29 is 0 Å². The van der Waals surface area contributed by atoms with Crippen LogP contribution in [0.3, 0.4) is 0 Å². The van der Waals surface area contributed by atoms with E-state index in [0.717, 1.165) is 12.1 Å². The van der Waals surface area contributed by atoms with Gasteiger partial charge in [0.15, 0.2) is 0 Å². The second-order valence-corrected chi connectivity index (χ2v) is 1.26. The molecule has 0 fully saturated rings. The molecule has 0 radical (unpaired) electrons. The van der Waals surface area contributed by atoms with E-state index in [2.05, 4.69) is 4.99 Å². The molecular weight excluding hydrogens is 102 g/mol. The summed E-state index contributed by atoms with van der Waals surface area (Å²) in [4.78, 5) is 3.61. The van der Waals surface area contributed by atoms with Crippen LogP contribution in [0, 0.1) is 5.41 Å². The second-order valence-electron chi connectivity index (χ2n) is 1.26. The summed E-state index contributed by atoms with van der Waals surface area (Å²) >= 11 is 0. The first-order valence-corrected chi connectivity index (χ1v) is 2.23. The standard InChI is InChI=1S/C5H9N3/c1-5(2-3-6)8-4-7/h2-4,7H,6H2,1H3/b3-2+,7-4?,8-5?. The maximum Gasteiger partial charge on any atom is 0.107 e. The van der Waals surface area contributed by atoms with E-state index in [4.69, 9.17) is 11.1 Å². The number of hydrogen-bond donors (Lipinski definition) is 2. The Morgan fingerprint density at radius 3 is 2.75 bits per heavy atom. The predicted molar refractivity (Wildman–Crippen MR) is 35.2 cm³/mol. The van der Waals surface area contributed by atoms with Crippen molar-refractivity contribution in [3.63, 3.8) is 0 Å². The summed E-state index contributed by atoms with van der Waals surface area (Å²) in [7, 11) is 0. The first-order chi connectivity index (χ1) is 3.81. The molecule has 0 aromatic rings. The normalized spacial score (nSPS) is 12.4. The van der Waals surface area contributed by atoms with Crippen molar-refractivity contribution in [1.29, 1.82) is 5.41 Å². The fourth-order valence-corrected chi connectivity index (χ4v) is 0.284. The minimum Gasteiger partial charge on any atom is -0.405 e. The molecule has 0 aliphatic carbocycles. The van der Waals surface area contributed by atoms with Gasteiger partial charge in [-0.3, -0.25) is 5.41 Å². The fourth-order valence-electron chi connectivity index (χ4n) is 0.284. The van der Waals surface area contributed by atoms with Gasteiger partial charge < -0.3 is 5.73 Å². The van der Waals surface area contributed by atoms with Crippen LogP contribution in [-0.4, -0.2) is 12.1 Å². The smallest absolute Gasteiger partial charge is 0.107 e. The third kappa shape index (κ3) is 3.08. The lowest BCUT2D eigenvalue weighted by Gasteiger charge is -1.81. The number of hydrogen-bond acceptors (Lipinski definition) is 2. The van der Waals surface area contributed by atoms with Crippen LogP contribution < -0.4 is 5.73 Å². The zero-order valence-corrected chi connectivity index (χ0v) is 4.76. The molecule has 44 valence electrons. The van der Waals surface area contributed by atoms with Crippen LogP contribution in [0.5, 0.6) is 0 Å². The van der Waals surface area contributed by atoms with Crippen molar-refractivity contribution >= 4 is 12.1 Å². The molecule has 0 aromatic heterocycles. The fraction of sp³-hybridized carbons (Fsp3) is 0.200. The molecule has 0 unspecified atom stereocenters. The summed E-state index contributed by atoms with van der Waals surface area (Å²) < 4.78 is 0. The lowest BCUT2D eigenvalue weighted by Crippen LogP contribution is -1.86. The van der Waals surface area contributed by atoms with Gasteiger partial charge in [-0.1, -0.05) is 0 Å². The Bertz CT molecular complexity index is 124. The molecule has 0 bridgehead atoms. The van der Waals surface area contributed by atoms with Crippen molar-refractivity contribution in [2.75, 3.05) is 0 Å². The van der Waals surface area contributed by atoms with Gasteiger partial charge in [-0.05, 0) is 19.2 Å². The Kier molecular flexibility index (Phi) is 3.48. The summed E-state index contributed by atoms with van der Waals surface area (Å²) in [6.07, 6.45) is 4.00. The predicted octanol–water partition coefficient (Wildman–Crippen LogP) is 0.527. The van der Waals surface area contributed by atoms with Crippen LogP contribution in [0.1, 0.15) is 6.92 Å². The van der Waals surface area contributed by atoms with Crippen molar-refractivity contribution in [2.24, 2.45) is 10.7 Å². The molecule has 0 aliphatic heterocycles. The Hall–Kier alpha value is -1.12. The Labute approximate surface area is 48.4 Å². The molecule has 0 saturated heterocycles. The molecule has 0 atom stereocenters. The number of aliphatic imine (C=N–C) groups is 1. The number of nitrogens with zero attached hydrogens (tertiary/aromatic N) is 1. The monoisotopic (exact) mass is 111 g/mol. The number of nitrogens with one attached hydrogen (secondary N) is 1. The van der Waals surface area contributed by atoms with Crippen LogP contribution in [0.25, 0.3) is 0 Å². The van der Waals surface area contributed by atoms with Crippen molar-refractivity contribution in [3.8, 4) is 0 Å². The molecule has 0 heterocycles. The quantitative estimate of drug-likeness (QED) is 0.396. The summed E-state index contributed by atoms with van der Waals surface area (Å²) in [5, 5.41) is 6.52. The van der Waals surface area contributed by atoms with E-state index in [9.17, 15) is 0 Å². The second kappa shape index (κ2) is 4.05. The highest BCUT2D eigenvalue weighted by atomic mass is 14.8. The van der Waals surface area contributed by atoms with Crippen molar-refractivity contribution in [2.45, 2.75) is 6.92 Å². The minimum atomic E-state index is 0.738. The maximum absolute atomic E-state index is 6.52. The van der Waals surface area contributed by atoms with E-state index in [0.29, 0.717) is 0 Å². The number of rotatable bonds is 2. The van der Waals surface area contributed by atoms with Gasteiger partial charge in [0.2, 0.25) is 0 Å². The number of allylic oxidation sites excluding steroid dienone is 1. The minimum absolute atomic E-state index is 0.738. The largest absolute Gasteiger partial charge is 0.405 e. The van der Waals surface area contributed by atoms with Crippen molar-refractivity contribution in [1.82, 2.24) is 0 Å². The van der Waals surface area contributed by atoms with E-state index in [1.807, 2.05) is 0 Å². The van der Waals surface area contributed by atoms with Gasteiger partial charge in [0.05, 0.1) is 0 Å². The molecule has 3 heteroatoms. The first-order valence-electron chi connectivity index (χ1n) is 2.23. The van der Waals surface area contributed by atoms with E-state index < -0.39 is 0 Å². The molecule has 3 N–H and O–H groups in total. The van der Waals surface area contributed by atoms with Crippen LogP contribution in [0.2, 0.25) is 0 Å². The number of nitrogens with two attached hydrogens (primary N) is 1. The molecule has 0 saturated carbocycles. The van der Waals surface area contributed by atoms with Gasteiger partial charge in [0.1, 0.15) is 6.34 Å². The average molecular weight is 111 g/mol. The molecule has 0 spiro atoms. The Morgan fingerprint density at radius 1 is 1.75 bits per heavy atom. The summed E-state index contributed by atoms with van der Waals surface area (Å²) in [6, 6.07) is 0. The molecule has 0 aromatic carbocycles. The summed E-state index contributed by atoms with van der Waals surface area (Å²) in [6.45, 7) is 1.77. The lowest BCUT2D eigenvalue weighted by molar-refractivity contribution is 1.50. The van der Waals surface area contributed by atoms with Crippen LogP contribution >= 0.6 is 0 Å². The average Bonchev–Trinajstić information content (AvgIpc) is 1.68. The van der Waals surface area contributed by atoms with E-state index in [1.165, 1.54) is 6.20 Å². The summed E-state index contributed by atoms with van der Waals surface area (Å²) in [5.74, 6) is 0. The van der Waals surface area contributed by atoms with Gasteiger partial charge in [-0.2, -0.15) is 0 Å². The van der Waals surface area contributed by atoms with E-state index >= 15 is 0 Å². The van der Waals surface area contributed by atoms with Crippen LogP contribution in [-0.2, 0) is 0 Å². The SMILES string of the molecule is CC(/C=C/N)=NC=N. The van der Waals surface area contributed by atoms with Gasteiger partial charge >= 0.3 is 0 Å². The zero-order chi connectivity index (χ0) is 6.41. The molecule has 8 heavy (non-hydrogen) atoms. The van der Waals surface area contributed by atoms with Crippen LogP contribution in [0.4, 0.5) is 0 Å². The lowest BCUT2D eigenvalue weighted by atomic mass is 10.4. The maximum atomic E-state index is 6.52. The topological polar surface area (TPSA) is 62.2 Å². The molecular formula is C5H9N3.